The summed E-state index contributed by atoms with van der Waals surface area (Å²) in [7, 11) is 0. The predicted molar refractivity (Wildman–Crippen MR) is 57.0 cm³/mol. The van der Waals surface area contributed by atoms with E-state index >= 15 is 0 Å². The Labute approximate surface area is 88.5 Å². The number of ketones is 1. The van der Waals surface area contributed by atoms with Crippen LogP contribution in [-0.4, -0.2) is 15.9 Å². The van der Waals surface area contributed by atoms with E-state index in [1.54, 1.807) is 12.1 Å². The topological polar surface area (TPSA) is 50.2 Å². The zero-order valence-corrected chi connectivity index (χ0v) is 8.44. The highest BCUT2D eigenvalue weighted by Gasteiger charge is 2.12. The molecule has 0 fully saturated rings. The lowest BCUT2D eigenvalue weighted by Crippen LogP contribution is -2.04. The number of hydrogen-bond donors (Lipinski definition) is 1. The molecule has 0 bridgehead atoms. The fourth-order valence-electron chi connectivity index (χ4n) is 1.74. The molecule has 15 heavy (non-hydrogen) atoms. The van der Waals surface area contributed by atoms with E-state index in [0.29, 0.717) is 12.1 Å². The lowest BCUT2D eigenvalue weighted by molar-refractivity contribution is -0.114. The molecule has 1 aromatic heterocycles. The van der Waals surface area contributed by atoms with Crippen LogP contribution >= 0.6 is 0 Å². The van der Waals surface area contributed by atoms with Crippen molar-refractivity contribution in [2.24, 2.45) is 0 Å². The Morgan fingerprint density at radius 2 is 2.20 bits per heavy atom. The van der Waals surface area contributed by atoms with Crippen LogP contribution in [0.5, 0.6) is 0 Å². The van der Waals surface area contributed by atoms with E-state index in [1.807, 2.05) is 12.1 Å². The van der Waals surface area contributed by atoms with Crippen molar-refractivity contribution in [3.8, 4) is 0 Å². The molecule has 3 heteroatoms. The maximum absolute atomic E-state index is 11.2. The first-order valence-electron chi connectivity index (χ1n) is 5.10. The summed E-state index contributed by atoms with van der Waals surface area (Å²) in [5, 5.41) is 8.96. The van der Waals surface area contributed by atoms with Gasteiger partial charge in [0.05, 0.1) is 18.0 Å². The van der Waals surface area contributed by atoms with Crippen LogP contribution in [0.3, 0.4) is 0 Å². The minimum atomic E-state index is -0.0604. The van der Waals surface area contributed by atoms with Crippen LogP contribution in [0, 0.1) is 0 Å². The normalized spacial score (nSPS) is 16.3. The summed E-state index contributed by atoms with van der Waals surface area (Å²) in [5.74, 6) is 0.174. The zero-order chi connectivity index (χ0) is 10.7. The van der Waals surface area contributed by atoms with Gasteiger partial charge in [-0.2, -0.15) is 0 Å². The van der Waals surface area contributed by atoms with E-state index in [1.165, 1.54) is 0 Å². The molecule has 1 N–H and O–H groups in total. The number of carbonyl (C=O) groups is 1. The Bertz CT molecular complexity index is 410. The molecule has 78 valence electrons. The van der Waals surface area contributed by atoms with Gasteiger partial charge < -0.3 is 5.11 Å². The fraction of sp³-hybridized carbons (Fsp3) is 0.333. The van der Waals surface area contributed by atoms with Crippen molar-refractivity contribution in [2.45, 2.75) is 25.9 Å². The van der Waals surface area contributed by atoms with E-state index in [0.717, 1.165) is 24.1 Å². The van der Waals surface area contributed by atoms with Gasteiger partial charge in [-0.15, -0.1) is 0 Å². The van der Waals surface area contributed by atoms with Gasteiger partial charge in [0.2, 0.25) is 0 Å². The average molecular weight is 203 g/mol. The predicted octanol–water partition coefficient (Wildman–Crippen LogP) is 1.71. The van der Waals surface area contributed by atoms with Crippen molar-refractivity contribution in [2.75, 3.05) is 0 Å². The molecule has 0 unspecified atom stereocenters. The number of nitrogens with zero attached hydrogens (tertiary/aromatic N) is 1. The van der Waals surface area contributed by atoms with Crippen molar-refractivity contribution in [1.82, 2.24) is 4.98 Å². The summed E-state index contributed by atoms with van der Waals surface area (Å²) in [4.78, 5) is 15.5. The van der Waals surface area contributed by atoms with Gasteiger partial charge in [-0.25, -0.2) is 0 Å². The van der Waals surface area contributed by atoms with Gasteiger partial charge in [-0.1, -0.05) is 6.07 Å². The van der Waals surface area contributed by atoms with E-state index in [9.17, 15) is 4.79 Å². The van der Waals surface area contributed by atoms with Crippen LogP contribution in [-0.2, 0) is 11.4 Å². The van der Waals surface area contributed by atoms with Gasteiger partial charge in [0.1, 0.15) is 0 Å². The van der Waals surface area contributed by atoms with Gasteiger partial charge in [0.15, 0.2) is 5.78 Å². The molecule has 1 heterocycles. The van der Waals surface area contributed by atoms with Gasteiger partial charge in [-0.3, -0.25) is 9.78 Å². The molecule has 0 atom stereocenters. The molecule has 0 amide bonds. The summed E-state index contributed by atoms with van der Waals surface area (Å²) < 4.78 is 0. The second-order valence-corrected chi connectivity index (χ2v) is 3.66. The second-order valence-electron chi connectivity index (χ2n) is 3.66. The molecule has 1 aromatic rings. The highest BCUT2D eigenvalue weighted by atomic mass is 16.3. The van der Waals surface area contributed by atoms with Crippen molar-refractivity contribution in [3.05, 3.63) is 35.7 Å². The Kier molecular flexibility index (Phi) is 2.92. The lowest BCUT2D eigenvalue weighted by Gasteiger charge is -2.11. The van der Waals surface area contributed by atoms with Gasteiger partial charge in [0.25, 0.3) is 0 Å². The number of allylic oxidation sites excluding steroid dienone is 2. The van der Waals surface area contributed by atoms with E-state index in [2.05, 4.69) is 4.98 Å². The molecule has 0 saturated heterocycles. The summed E-state index contributed by atoms with van der Waals surface area (Å²) in [6.45, 7) is -0.0604. The van der Waals surface area contributed by atoms with E-state index in [-0.39, 0.29) is 12.4 Å². The maximum atomic E-state index is 11.2. The maximum Gasteiger partial charge on any atom is 0.156 e. The first-order chi connectivity index (χ1) is 7.29. The smallest absolute Gasteiger partial charge is 0.156 e. The number of rotatable bonds is 2. The summed E-state index contributed by atoms with van der Waals surface area (Å²) in [5.41, 5.74) is 2.45. The molecule has 0 spiro atoms. The van der Waals surface area contributed by atoms with Crippen LogP contribution in [0.15, 0.2) is 24.3 Å². The second kappa shape index (κ2) is 4.36. The third-order valence-corrected chi connectivity index (χ3v) is 2.50. The monoisotopic (exact) mass is 203 g/mol. The highest BCUT2D eigenvalue weighted by molar-refractivity contribution is 5.97. The third kappa shape index (κ3) is 2.30. The minimum absolute atomic E-state index is 0.0604. The van der Waals surface area contributed by atoms with Crippen LogP contribution in [0.25, 0.3) is 5.57 Å². The summed E-state index contributed by atoms with van der Waals surface area (Å²) >= 11 is 0. The number of aromatic nitrogens is 1. The number of pyridine rings is 1. The molecule has 1 aliphatic carbocycles. The standard InChI is InChI=1S/C12H13NO2/c14-8-10-4-2-6-12(13-10)9-3-1-5-11(15)7-9/h2,4,6-7,14H,1,3,5,8H2. The first kappa shape index (κ1) is 10.1. The summed E-state index contributed by atoms with van der Waals surface area (Å²) in [6, 6.07) is 5.51. The Balaban J connectivity index is 2.32. The van der Waals surface area contributed by atoms with Crippen molar-refractivity contribution < 1.29 is 9.90 Å². The fourth-order valence-corrected chi connectivity index (χ4v) is 1.74. The van der Waals surface area contributed by atoms with Crippen molar-refractivity contribution >= 4 is 11.4 Å². The molecular formula is C12H13NO2. The molecular weight excluding hydrogens is 190 g/mol. The average Bonchev–Trinajstić information content (AvgIpc) is 2.29. The van der Waals surface area contributed by atoms with Gasteiger partial charge in [-0.05, 0) is 36.6 Å². The quantitative estimate of drug-likeness (QED) is 0.796. The Hall–Kier alpha value is -1.48. The van der Waals surface area contributed by atoms with Crippen molar-refractivity contribution in [1.29, 1.82) is 0 Å². The Morgan fingerprint density at radius 1 is 1.33 bits per heavy atom. The highest BCUT2D eigenvalue weighted by Crippen LogP contribution is 2.23. The van der Waals surface area contributed by atoms with Gasteiger partial charge >= 0.3 is 0 Å². The molecule has 2 rings (SSSR count). The molecule has 0 aromatic carbocycles. The first-order valence-corrected chi connectivity index (χ1v) is 5.10. The van der Waals surface area contributed by atoms with E-state index in [4.69, 9.17) is 5.11 Å². The largest absolute Gasteiger partial charge is 0.390 e. The lowest BCUT2D eigenvalue weighted by atomic mass is 9.96. The Morgan fingerprint density at radius 3 is 2.93 bits per heavy atom. The number of hydrogen-bond acceptors (Lipinski definition) is 3. The molecule has 1 aliphatic rings. The van der Waals surface area contributed by atoms with Crippen LogP contribution < -0.4 is 0 Å². The molecule has 0 aliphatic heterocycles. The SMILES string of the molecule is O=C1C=C(c2cccc(CO)n2)CCC1. The van der Waals surface area contributed by atoms with Gasteiger partial charge in [0, 0.05) is 6.42 Å². The summed E-state index contributed by atoms with van der Waals surface area (Å²) in [6.07, 6.45) is 4.11. The third-order valence-electron chi connectivity index (χ3n) is 2.50. The molecule has 0 radical (unpaired) electrons. The number of aliphatic hydroxyl groups excluding tert-OH is 1. The molecule has 3 nitrogen and oxygen atoms in total. The van der Waals surface area contributed by atoms with E-state index < -0.39 is 0 Å². The van der Waals surface area contributed by atoms with Crippen LogP contribution in [0.2, 0.25) is 0 Å². The van der Waals surface area contributed by atoms with Crippen LogP contribution in [0.1, 0.15) is 30.7 Å². The molecule has 0 saturated carbocycles. The van der Waals surface area contributed by atoms with Crippen molar-refractivity contribution in [3.63, 3.8) is 0 Å². The number of carbonyl (C=O) groups excluding carboxylic acids is 1. The van der Waals surface area contributed by atoms with Crippen LogP contribution in [0.4, 0.5) is 0 Å². The number of aliphatic hydroxyl groups is 1. The zero-order valence-electron chi connectivity index (χ0n) is 8.44. The minimum Gasteiger partial charge on any atom is -0.390 e.